The Morgan fingerprint density at radius 3 is 2.70 bits per heavy atom. The number of phenols is 1. The van der Waals surface area contributed by atoms with Crippen LogP contribution in [0.4, 0.5) is 11.6 Å². The highest BCUT2D eigenvalue weighted by Crippen LogP contribution is 2.36. The average Bonchev–Trinajstić information content (AvgIpc) is 3.11. The normalized spacial score (nSPS) is 15.9. The highest BCUT2D eigenvalue weighted by atomic mass is 35.5. The van der Waals surface area contributed by atoms with Crippen molar-refractivity contribution in [2.24, 2.45) is 0 Å². The van der Waals surface area contributed by atoms with E-state index in [1.54, 1.807) is 53.2 Å². The number of fused-ring (bicyclic) bond motifs is 1. The lowest BCUT2D eigenvalue weighted by Gasteiger charge is -2.28. The summed E-state index contributed by atoms with van der Waals surface area (Å²) in [6.07, 6.45) is 1.43. The first-order valence-electron chi connectivity index (χ1n) is 8.26. The molecule has 0 aliphatic carbocycles. The third-order valence-corrected chi connectivity index (χ3v) is 4.70. The fraction of sp³-hybridized carbons (Fsp3) is 0.105. The van der Waals surface area contributed by atoms with E-state index in [1.807, 2.05) is 6.92 Å². The van der Waals surface area contributed by atoms with Crippen molar-refractivity contribution >= 4 is 29.1 Å². The van der Waals surface area contributed by atoms with Gasteiger partial charge in [0.2, 0.25) is 5.95 Å². The monoisotopic (exact) mass is 381 g/mol. The average molecular weight is 382 g/mol. The smallest absolute Gasteiger partial charge is 0.255 e. The van der Waals surface area contributed by atoms with Gasteiger partial charge < -0.3 is 15.7 Å². The fourth-order valence-electron chi connectivity index (χ4n) is 3.10. The number of carbonyl (C=O) groups is 1. The van der Waals surface area contributed by atoms with Crippen LogP contribution < -0.4 is 10.6 Å². The Hall–Kier alpha value is -3.32. The molecule has 1 aromatic heterocycles. The zero-order valence-corrected chi connectivity index (χ0v) is 15.1. The Morgan fingerprint density at radius 1 is 1.22 bits per heavy atom. The van der Waals surface area contributed by atoms with Gasteiger partial charge in [-0.2, -0.15) is 10.1 Å². The van der Waals surface area contributed by atoms with Gasteiger partial charge >= 0.3 is 0 Å². The quantitative estimate of drug-likeness (QED) is 0.645. The third kappa shape index (κ3) is 3.13. The summed E-state index contributed by atoms with van der Waals surface area (Å²) in [6, 6.07) is 13.2. The van der Waals surface area contributed by atoms with E-state index in [-0.39, 0.29) is 11.7 Å². The van der Waals surface area contributed by atoms with Gasteiger partial charge in [-0.3, -0.25) is 4.79 Å². The maximum Gasteiger partial charge on any atom is 0.255 e. The molecule has 0 fully saturated rings. The summed E-state index contributed by atoms with van der Waals surface area (Å²) in [5, 5.41) is 20.3. The number of nitrogens with zero attached hydrogens (tertiary/aromatic N) is 3. The molecule has 0 bridgehead atoms. The minimum atomic E-state index is -0.494. The number of aromatic nitrogens is 3. The molecular weight excluding hydrogens is 366 g/mol. The van der Waals surface area contributed by atoms with Crippen molar-refractivity contribution < 1.29 is 9.90 Å². The zero-order chi connectivity index (χ0) is 19.0. The lowest BCUT2D eigenvalue weighted by molar-refractivity contribution is -0.113. The Bertz CT molecular complexity index is 1040. The summed E-state index contributed by atoms with van der Waals surface area (Å²) in [5.74, 6) is 0.390. The molecule has 0 radical (unpaired) electrons. The van der Waals surface area contributed by atoms with Crippen LogP contribution in [-0.4, -0.2) is 25.8 Å². The van der Waals surface area contributed by atoms with E-state index in [9.17, 15) is 9.90 Å². The van der Waals surface area contributed by atoms with E-state index >= 15 is 0 Å². The number of amides is 1. The Balaban J connectivity index is 1.77. The van der Waals surface area contributed by atoms with E-state index in [0.717, 1.165) is 5.56 Å². The van der Waals surface area contributed by atoms with E-state index in [2.05, 4.69) is 20.7 Å². The molecule has 4 rings (SSSR count). The Labute approximate surface area is 160 Å². The third-order valence-electron chi connectivity index (χ3n) is 4.37. The number of halogens is 1. The fourth-order valence-corrected chi connectivity index (χ4v) is 3.29. The second-order valence-electron chi connectivity index (χ2n) is 6.12. The molecule has 2 heterocycles. The molecule has 1 amide bonds. The van der Waals surface area contributed by atoms with Crippen molar-refractivity contribution in [3.63, 3.8) is 0 Å². The van der Waals surface area contributed by atoms with Crippen molar-refractivity contribution in [1.29, 1.82) is 0 Å². The number of phenolic OH excluding ortho intramolecular Hbond substituents is 1. The highest BCUT2D eigenvalue weighted by Gasteiger charge is 2.33. The standard InChI is InChI=1S/C19H16ClN5O2/c1-11-16(18(27)24-15-5-3-2-4-14(15)20)17(12-6-8-13(26)9-7-12)25-19(23-11)21-10-22-25/h2-10,17,26H,1H3,(H,24,27)(H,21,22,23)/t17-/m0/s1. The number of para-hydroxylation sites is 1. The van der Waals surface area contributed by atoms with Crippen LogP contribution in [0.2, 0.25) is 5.02 Å². The molecule has 0 saturated heterocycles. The van der Waals surface area contributed by atoms with E-state index in [1.165, 1.54) is 6.33 Å². The second-order valence-corrected chi connectivity index (χ2v) is 6.53. The van der Waals surface area contributed by atoms with E-state index in [0.29, 0.717) is 27.9 Å². The number of nitrogens with one attached hydrogen (secondary N) is 2. The van der Waals surface area contributed by atoms with Crippen molar-refractivity contribution in [2.45, 2.75) is 13.0 Å². The van der Waals surface area contributed by atoms with Crippen LogP contribution in [0.5, 0.6) is 5.75 Å². The van der Waals surface area contributed by atoms with Gasteiger partial charge in [-0.1, -0.05) is 35.9 Å². The maximum atomic E-state index is 13.1. The molecule has 3 aromatic rings. The molecule has 3 N–H and O–H groups in total. The minimum Gasteiger partial charge on any atom is -0.508 e. The summed E-state index contributed by atoms with van der Waals surface area (Å²) >= 11 is 6.18. The highest BCUT2D eigenvalue weighted by molar-refractivity contribution is 6.33. The van der Waals surface area contributed by atoms with Gasteiger partial charge in [0.15, 0.2) is 0 Å². The van der Waals surface area contributed by atoms with E-state index < -0.39 is 6.04 Å². The number of hydrogen-bond acceptors (Lipinski definition) is 5. The molecule has 0 saturated carbocycles. The number of allylic oxidation sites excluding steroid dienone is 1. The van der Waals surface area contributed by atoms with Gasteiger partial charge in [0.05, 0.1) is 16.3 Å². The van der Waals surface area contributed by atoms with E-state index in [4.69, 9.17) is 11.6 Å². The van der Waals surface area contributed by atoms with Gasteiger partial charge in [-0.05, 0) is 36.8 Å². The van der Waals surface area contributed by atoms with Crippen LogP contribution >= 0.6 is 11.6 Å². The molecule has 1 aliphatic heterocycles. The molecule has 1 aliphatic rings. The van der Waals surface area contributed by atoms with Gasteiger partial charge in [0.1, 0.15) is 18.1 Å². The SMILES string of the molecule is CC1=C(C(=O)Nc2ccccc2Cl)[C@H](c2ccc(O)cc2)n2ncnc2N1. The van der Waals surface area contributed by atoms with Crippen LogP contribution in [0.15, 0.2) is 66.1 Å². The zero-order valence-electron chi connectivity index (χ0n) is 14.3. The van der Waals surface area contributed by atoms with Crippen molar-refractivity contribution in [1.82, 2.24) is 14.8 Å². The van der Waals surface area contributed by atoms with Gasteiger partial charge in [-0.25, -0.2) is 4.68 Å². The molecule has 7 nitrogen and oxygen atoms in total. The molecule has 0 spiro atoms. The number of anilines is 2. The first-order valence-corrected chi connectivity index (χ1v) is 8.64. The van der Waals surface area contributed by atoms with Crippen molar-refractivity contribution in [3.8, 4) is 5.75 Å². The minimum absolute atomic E-state index is 0.147. The van der Waals surface area contributed by atoms with Crippen LogP contribution in [0.3, 0.4) is 0 Å². The topological polar surface area (TPSA) is 92.1 Å². The number of hydrogen-bond donors (Lipinski definition) is 3. The number of benzene rings is 2. The first kappa shape index (κ1) is 17.1. The predicted molar refractivity (Wildman–Crippen MR) is 103 cm³/mol. The Kier molecular flexibility index (Phi) is 4.29. The molecular formula is C19H16ClN5O2. The van der Waals surface area contributed by atoms with Gasteiger partial charge in [-0.15, -0.1) is 0 Å². The maximum absolute atomic E-state index is 13.1. The largest absolute Gasteiger partial charge is 0.508 e. The lowest BCUT2D eigenvalue weighted by atomic mass is 9.95. The summed E-state index contributed by atoms with van der Waals surface area (Å²) in [7, 11) is 0. The number of rotatable bonds is 3. The molecule has 2 aromatic carbocycles. The van der Waals surface area contributed by atoms with Crippen LogP contribution in [0, 0.1) is 0 Å². The number of carbonyl (C=O) groups excluding carboxylic acids is 1. The summed E-state index contributed by atoms with van der Waals surface area (Å²) in [6.45, 7) is 1.81. The first-order chi connectivity index (χ1) is 13.0. The van der Waals surface area contributed by atoms with Gasteiger partial charge in [0.25, 0.3) is 5.91 Å². The molecule has 8 heteroatoms. The molecule has 27 heavy (non-hydrogen) atoms. The summed E-state index contributed by atoms with van der Waals surface area (Å²) < 4.78 is 1.64. The summed E-state index contributed by atoms with van der Waals surface area (Å²) in [4.78, 5) is 17.3. The second kappa shape index (κ2) is 6.77. The summed E-state index contributed by atoms with van der Waals surface area (Å²) in [5.41, 5.74) is 2.47. The van der Waals surface area contributed by atoms with Gasteiger partial charge in [0, 0.05) is 5.70 Å². The van der Waals surface area contributed by atoms with Crippen LogP contribution in [0.1, 0.15) is 18.5 Å². The molecule has 136 valence electrons. The van der Waals surface area contributed by atoms with Crippen molar-refractivity contribution in [2.75, 3.05) is 10.6 Å². The Morgan fingerprint density at radius 2 is 1.96 bits per heavy atom. The predicted octanol–water partition coefficient (Wildman–Crippen LogP) is 3.56. The lowest BCUT2D eigenvalue weighted by Crippen LogP contribution is -2.31. The molecule has 0 unspecified atom stereocenters. The molecule has 1 atom stereocenters. The van der Waals surface area contributed by atoms with Crippen molar-refractivity contribution in [3.05, 3.63) is 76.7 Å². The van der Waals surface area contributed by atoms with Crippen LogP contribution in [0.25, 0.3) is 0 Å². The van der Waals surface area contributed by atoms with Crippen LogP contribution in [-0.2, 0) is 4.79 Å². The number of aromatic hydroxyl groups is 1.